The summed E-state index contributed by atoms with van der Waals surface area (Å²) in [7, 11) is 1.54. The van der Waals surface area contributed by atoms with Gasteiger partial charge >= 0.3 is 5.97 Å². The molecule has 1 saturated heterocycles. The van der Waals surface area contributed by atoms with E-state index in [0.29, 0.717) is 25.5 Å². The predicted molar refractivity (Wildman–Crippen MR) is 66.3 cm³/mol. The van der Waals surface area contributed by atoms with E-state index in [9.17, 15) is 9.59 Å². The van der Waals surface area contributed by atoms with E-state index in [2.05, 4.69) is 5.32 Å². The van der Waals surface area contributed by atoms with Gasteiger partial charge in [-0.25, -0.2) is 0 Å². The molecule has 1 amide bonds. The Hall–Kier alpha value is -1.14. The zero-order chi connectivity index (χ0) is 13.4. The summed E-state index contributed by atoms with van der Waals surface area (Å²) in [5.41, 5.74) is 0. The van der Waals surface area contributed by atoms with E-state index in [1.807, 2.05) is 0 Å². The fourth-order valence-electron chi connectivity index (χ4n) is 2.12. The molecule has 0 aliphatic carbocycles. The molecule has 0 aromatic heterocycles. The second-order valence-corrected chi connectivity index (χ2v) is 4.60. The quantitative estimate of drug-likeness (QED) is 0.668. The summed E-state index contributed by atoms with van der Waals surface area (Å²) in [5, 5.41) is 12.0. The van der Waals surface area contributed by atoms with Gasteiger partial charge in [-0.1, -0.05) is 0 Å². The van der Waals surface area contributed by atoms with E-state index < -0.39 is 5.97 Å². The van der Waals surface area contributed by atoms with E-state index in [1.54, 1.807) is 0 Å². The molecule has 6 heteroatoms. The first kappa shape index (κ1) is 14.9. The Bertz CT molecular complexity index is 277. The Labute approximate surface area is 107 Å². The topological polar surface area (TPSA) is 78.9 Å². The van der Waals surface area contributed by atoms with Gasteiger partial charge in [0.1, 0.15) is 6.54 Å². The van der Waals surface area contributed by atoms with Crippen molar-refractivity contribution >= 4 is 11.9 Å². The molecule has 2 N–H and O–H groups in total. The summed E-state index contributed by atoms with van der Waals surface area (Å²) in [5.74, 6) is -0.691. The normalized spacial score (nSPS) is 16.5. The van der Waals surface area contributed by atoms with Crippen LogP contribution in [-0.2, 0) is 14.3 Å². The van der Waals surface area contributed by atoms with Crippen molar-refractivity contribution in [3.05, 3.63) is 0 Å². The number of nitrogens with zero attached hydrogens (tertiary/aromatic N) is 1. The minimum absolute atomic E-state index is 0.0821. The minimum Gasteiger partial charge on any atom is -0.480 e. The lowest BCUT2D eigenvalue weighted by Crippen LogP contribution is -2.40. The average molecular weight is 258 g/mol. The lowest BCUT2D eigenvalue weighted by molar-refractivity contribution is -0.145. The first-order valence-corrected chi connectivity index (χ1v) is 6.32. The number of carboxylic acid groups (broad SMARTS) is 1. The van der Waals surface area contributed by atoms with Crippen molar-refractivity contribution in [2.24, 2.45) is 5.92 Å². The van der Waals surface area contributed by atoms with Crippen molar-refractivity contribution in [3.8, 4) is 0 Å². The van der Waals surface area contributed by atoms with Crippen LogP contribution >= 0.6 is 0 Å². The lowest BCUT2D eigenvalue weighted by atomic mass is 9.94. The molecule has 18 heavy (non-hydrogen) atoms. The Morgan fingerprint density at radius 3 is 2.61 bits per heavy atom. The standard InChI is InChI=1S/C12H22N2O4/c1-18-7-6-14(9-12(16)17)11(15)8-10-2-4-13-5-3-10/h10,13H,2-9H2,1H3,(H,16,17). The molecule has 1 aliphatic heterocycles. The van der Waals surface area contributed by atoms with Gasteiger partial charge in [-0.05, 0) is 31.8 Å². The van der Waals surface area contributed by atoms with Crippen LogP contribution in [0.15, 0.2) is 0 Å². The number of methoxy groups -OCH3 is 1. The molecule has 0 atom stereocenters. The monoisotopic (exact) mass is 258 g/mol. The molecule has 0 spiro atoms. The molecule has 0 bridgehead atoms. The van der Waals surface area contributed by atoms with Gasteiger partial charge in [-0.15, -0.1) is 0 Å². The van der Waals surface area contributed by atoms with Gasteiger partial charge in [0.05, 0.1) is 6.61 Å². The van der Waals surface area contributed by atoms with Gasteiger partial charge in [-0.3, -0.25) is 9.59 Å². The van der Waals surface area contributed by atoms with E-state index >= 15 is 0 Å². The molecule has 1 aliphatic rings. The van der Waals surface area contributed by atoms with E-state index in [0.717, 1.165) is 25.9 Å². The smallest absolute Gasteiger partial charge is 0.323 e. The van der Waals surface area contributed by atoms with Crippen LogP contribution in [0.5, 0.6) is 0 Å². The molecule has 0 radical (unpaired) electrons. The van der Waals surface area contributed by atoms with Gasteiger partial charge in [-0.2, -0.15) is 0 Å². The first-order chi connectivity index (χ1) is 8.63. The molecule has 1 fully saturated rings. The third-order valence-electron chi connectivity index (χ3n) is 3.17. The molecule has 6 nitrogen and oxygen atoms in total. The number of carbonyl (C=O) groups is 2. The van der Waals surface area contributed by atoms with E-state index in [4.69, 9.17) is 9.84 Å². The molecule has 0 aromatic carbocycles. The Kier molecular flexibility index (Phi) is 6.67. The van der Waals surface area contributed by atoms with E-state index in [1.165, 1.54) is 12.0 Å². The number of hydrogen-bond acceptors (Lipinski definition) is 4. The van der Waals surface area contributed by atoms with Crippen molar-refractivity contribution in [2.45, 2.75) is 19.3 Å². The maximum Gasteiger partial charge on any atom is 0.323 e. The van der Waals surface area contributed by atoms with Crippen molar-refractivity contribution in [1.29, 1.82) is 0 Å². The molecule has 1 rings (SSSR count). The number of rotatable bonds is 7. The predicted octanol–water partition coefficient (Wildman–Crippen LogP) is -0.0643. The molecule has 0 saturated carbocycles. The fraction of sp³-hybridized carbons (Fsp3) is 0.833. The Balaban J connectivity index is 2.43. The van der Waals surface area contributed by atoms with Gasteiger partial charge in [0, 0.05) is 20.1 Å². The molecule has 104 valence electrons. The number of hydrogen-bond donors (Lipinski definition) is 2. The first-order valence-electron chi connectivity index (χ1n) is 6.32. The third-order valence-corrected chi connectivity index (χ3v) is 3.17. The van der Waals surface area contributed by atoms with Crippen LogP contribution in [-0.4, -0.2) is 61.8 Å². The van der Waals surface area contributed by atoms with Crippen LogP contribution in [0, 0.1) is 5.92 Å². The van der Waals surface area contributed by atoms with Crippen molar-refractivity contribution in [1.82, 2.24) is 10.2 Å². The number of aliphatic carboxylic acids is 1. The molecular weight excluding hydrogens is 236 g/mol. The maximum atomic E-state index is 12.0. The summed E-state index contributed by atoms with van der Waals surface area (Å²) < 4.78 is 4.90. The summed E-state index contributed by atoms with van der Waals surface area (Å²) in [4.78, 5) is 24.1. The van der Waals surface area contributed by atoms with Crippen LogP contribution in [0.4, 0.5) is 0 Å². The van der Waals surface area contributed by atoms with Crippen LogP contribution in [0.25, 0.3) is 0 Å². The van der Waals surface area contributed by atoms with Crippen molar-refractivity contribution in [2.75, 3.05) is 39.9 Å². The number of amides is 1. The molecule has 0 unspecified atom stereocenters. The van der Waals surface area contributed by atoms with Gasteiger partial charge in [0.25, 0.3) is 0 Å². The van der Waals surface area contributed by atoms with Gasteiger partial charge in [0.15, 0.2) is 0 Å². The van der Waals surface area contributed by atoms with E-state index in [-0.39, 0.29) is 12.5 Å². The highest BCUT2D eigenvalue weighted by Gasteiger charge is 2.22. The third kappa shape index (κ3) is 5.46. The highest BCUT2D eigenvalue weighted by molar-refractivity contribution is 5.81. The number of piperidine rings is 1. The van der Waals surface area contributed by atoms with Crippen LogP contribution in [0.2, 0.25) is 0 Å². The van der Waals surface area contributed by atoms with Crippen molar-refractivity contribution in [3.63, 3.8) is 0 Å². The summed E-state index contributed by atoms with van der Waals surface area (Å²) in [6.45, 7) is 2.34. The largest absolute Gasteiger partial charge is 0.480 e. The van der Waals surface area contributed by atoms with Crippen LogP contribution in [0.3, 0.4) is 0 Å². The Morgan fingerprint density at radius 1 is 1.39 bits per heavy atom. The number of ether oxygens (including phenoxy) is 1. The minimum atomic E-state index is -0.982. The number of carboxylic acids is 1. The molecule has 0 aromatic rings. The van der Waals surface area contributed by atoms with Crippen LogP contribution < -0.4 is 5.32 Å². The van der Waals surface area contributed by atoms with Gasteiger partial charge in [0.2, 0.25) is 5.91 Å². The van der Waals surface area contributed by atoms with Gasteiger partial charge < -0.3 is 20.1 Å². The SMILES string of the molecule is COCCN(CC(=O)O)C(=O)CC1CCNCC1. The molecular formula is C12H22N2O4. The Morgan fingerprint density at radius 2 is 2.06 bits per heavy atom. The summed E-state index contributed by atoms with van der Waals surface area (Å²) in [6, 6.07) is 0. The van der Waals surface area contributed by atoms with Crippen molar-refractivity contribution < 1.29 is 19.4 Å². The highest BCUT2D eigenvalue weighted by Crippen LogP contribution is 2.17. The second-order valence-electron chi connectivity index (χ2n) is 4.60. The average Bonchev–Trinajstić information content (AvgIpc) is 2.35. The zero-order valence-corrected chi connectivity index (χ0v) is 10.9. The van der Waals surface area contributed by atoms with Crippen LogP contribution in [0.1, 0.15) is 19.3 Å². The lowest BCUT2D eigenvalue weighted by Gasteiger charge is -2.26. The zero-order valence-electron chi connectivity index (χ0n) is 10.9. The maximum absolute atomic E-state index is 12.0. The fourth-order valence-corrected chi connectivity index (χ4v) is 2.12. The summed E-state index contributed by atoms with van der Waals surface area (Å²) in [6.07, 6.45) is 2.41. The number of nitrogens with one attached hydrogen (secondary N) is 1. The summed E-state index contributed by atoms with van der Waals surface area (Å²) >= 11 is 0. The second kappa shape index (κ2) is 8.05. The number of carbonyl (C=O) groups excluding carboxylic acids is 1. The molecule has 1 heterocycles. The highest BCUT2D eigenvalue weighted by atomic mass is 16.5.